The van der Waals surface area contributed by atoms with Gasteiger partial charge in [0.25, 0.3) is 0 Å². The van der Waals surface area contributed by atoms with Crippen LogP contribution < -0.4 is 0 Å². The molecule has 1 fully saturated rings. The van der Waals surface area contributed by atoms with Crippen molar-refractivity contribution in [3.63, 3.8) is 0 Å². The van der Waals surface area contributed by atoms with Gasteiger partial charge in [-0.05, 0) is 5.56 Å². The maximum atomic E-state index is 5.46. The van der Waals surface area contributed by atoms with Gasteiger partial charge < -0.3 is 14.2 Å². The third-order valence-corrected chi connectivity index (χ3v) is 2.11. The van der Waals surface area contributed by atoms with Crippen LogP contribution in [0.2, 0.25) is 0 Å². The predicted molar refractivity (Wildman–Crippen MR) is 51.8 cm³/mol. The van der Waals surface area contributed by atoms with Crippen LogP contribution >= 0.6 is 0 Å². The second-order valence-electron chi connectivity index (χ2n) is 3.18. The maximum Gasteiger partial charge on any atom is 0.164 e. The first kappa shape index (κ1) is 9.65. The zero-order chi connectivity index (χ0) is 9.64. The summed E-state index contributed by atoms with van der Waals surface area (Å²) in [5.74, 6) is 0. The molecule has 0 saturated carbocycles. The van der Waals surface area contributed by atoms with Crippen LogP contribution in [0.3, 0.4) is 0 Å². The van der Waals surface area contributed by atoms with E-state index in [4.69, 9.17) is 14.2 Å². The maximum absolute atomic E-state index is 5.46. The van der Waals surface area contributed by atoms with E-state index >= 15 is 0 Å². The smallest absolute Gasteiger partial charge is 0.164 e. The molecule has 76 valence electrons. The highest BCUT2D eigenvalue weighted by Crippen LogP contribution is 2.09. The SMILES string of the molecule is c1ccc(CC2OCCOCO2)cc1. The Hall–Kier alpha value is -0.900. The highest BCUT2D eigenvalue weighted by Gasteiger charge is 2.13. The molecule has 0 bridgehead atoms. The molecule has 1 unspecified atom stereocenters. The summed E-state index contributed by atoms with van der Waals surface area (Å²) in [5.41, 5.74) is 1.22. The Morgan fingerprint density at radius 1 is 1.07 bits per heavy atom. The van der Waals surface area contributed by atoms with Crippen LogP contribution in [-0.2, 0) is 20.6 Å². The second-order valence-corrected chi connectivity index (χ2v) is 3.18. The molecule has 0 radical (unpaired) electrons. The van der Waals surface area contributed by atoms with Gasteiger partial charge in [0, 0.05) is 6.42 Å². The van der Waals surface area contributed by atoms with Gasteiger partial charge in [0.05, 0.1) is 13.2 Å². The van der Waals surface area contributed by atoms with Crippen LogP contribution in [0.25, 0.3) is 0 Å². The lowest BCUT2D eigenvalue weighted by atomic mass is 10.1. The van der Waals surface area contributed by atoms with Crippen LogP contribution in [0.15, 0.2) is 30.3 Å². The molecule has 1 atom stereocenters. The molecule has 2 rings (SSSR count). The molecule has 0 spiro atoms. The van der Waals surface area contributed by atoms with Crippen molar-refractivity contribution in [1.82, 2.24) is 0 Å². The van der Waals surface area contributed by atoms with Crippen LogP contribution in [0.5, 0.6) is 0 Å². The quantitative estimate of drug-likeness (QED) is 0.715. The summed E-state index contributed by atoms with van der Waals surface area (Å²) in [6.07, 6.45) is 0.615. The first-order valence-corrected chi connectivity index (χ1v) is 4.80. The van der Waals surface area contributed by atoms with E-state index in [1.807, 2.05) is 18.2 Å². The normalized spacial score (nSPS) is 23.0. The van der Waals surface area contributed by atoms with Crippen molar-refractivity contribution < 1.29 is 14.2 Å². The Morgan fingerprint density at radius 2 is 1.93 bits per heavy atom. The summed E-state index contributed by atoms with van der Waals surface area (Å²) in [5, 5.41) is 0. The van der Waals surface area contributed by atoms with E-state index in [1.54, 1.807) is 0 Å². The Kier molecular flexibility index (Phi) is 3.51. The van der Waals surface area contributed by atoms with Crippen molar-refractivity contribution in [1.29, 1.82) is 0 Å². The molecule has 1 heterocycles. The van der Waals surface area contributed by atoms with E-state index in [2.05, 4.69) is 12.1 Å². The summed E-state index contributed by atoms with van der Waals surface area (Å²) in [6.45, 7) is 1.56. The molecule has 1 aliphatic rings. The van der Waals surface area contributed by atoms with Gasteiger partial charge in [0.1, 0.15) is 6.79 Å². The Balaban J connectivity index is 1.90. The van der Waals surface area contributed by atoms with Gasteiger partial charge in [-0.2, -0.15) is 0 Å². The standard InChI is InChI=1S/C11H14O3/c1-2-4-10(5-3-1)8-11-13-7-6-12-9-14-11/h1-5,11H,6-9H2. The average molecular weight is 194 g/mol. The molecule has 0 aromatic heterocycles. The summed E-state index contributed by atoms with van der Waals surface area (Å²) in [7, 11) is 0. The number of rotatable bonds is 2. The van der Waals surface area contributed by atoms with Gasteiger partial charge in [-0.1, -0.05) is 30.3 Å². The van der Waals surface area contributed by atoms with Gasteiger partial charge in [0.2, 0.25) is 0 Å². The fourth-order valence-electron chi connectivity index (χ4n) is 1.39. The molecule has 14 heavy (non-hydrogen) atoms. The van der Waals surface area contributed by atoms with Crippen molar-refractivity contribution in [2.45, 2.75) is 12.7 Å². The lowest BCUT2D eigenvalue weighted by Gasteiger charge is -2.13. The molecular weight excluding hydrogens is 180 g/mol. The molecule has 1 aromatic rings. The minimum atomic E-state index is -0.167. The Bertz CT molecular complexity index is 252. The molecule has 1 aliphatic heterocycles. The lowest BCUT2D eigenvalue weighted by Crippen LogP contribution is -2.18. The fourth-order valence-corrected chi connectivity index (χ4v) is 1.39. The third-order valence-electron chi connectivity index (χ3n) is 2.11. The number of benzene rings is 1. The zero-order valence-corrected chi connectivity index (χ0v) is 8.02. The van der Waals surface area contributed by atoms with Crippen molar-refractivity contribution in [3.8, 4) is 0 Å². The molecule has 0 N–H and O–H groups in total. The van der Waals surface area contributed by atoms with Crippen molar-refractivity contribution >= 4 is 0 Å². The minimum Gasteiger partial charge on any atom is -0.353 e. The van der Waals surface area contributed by atoms with Crippen molar-refractivity contribution in [2.24, 2.45) is 0 Å². The molecule has 1 aromatic carbocycles. The Morgan fingerprint density at radius 3 is 2.79 bits per heavy atom. The molecule has 0 amide bonds. The fraction of sp³-hybridized carbons (Fsp3) is 0.455. The molecule has 3 heteroatoms. The van der Waals surface area contributed by atoms with E-state index in [0.29, 0.717) is 20.0 Å². The number of ether oxygens (including phenoxy) is 3. The van der Waals surface area contributed by atoms with Gasteiger partial charge in [-0.15, -0.1) is 0 Å². The van der Waals surface area contributed by atoms with Crippen LogP contribution in [0.1, 0.15) is 5.56 Å². The summed E-state index contributed by atoms with van der Waals surface area (Å²) >= 11 is 0. The monoisotopic (exact) mass is 194 g/mol. The number of hydrogen-bond acceptors (Lipinski definition) is 3. The number of hydrogen-bond donors (Lipinski definition) is 0. The van der Waals surface area contributed by atoms with Crippen LogP contribution in [0.4, 0.5) is 0 Å². The zero-order valence-electron chi connectivity index (χ0n) is 8.02. The van der Waals surface area contributed by atoms with E-state index in [-0.39, 0.29) is 6.29 Å². The third kappa shape index (κ3) is 2.80. The lowest BCUT2D eigenvalue weighted by molar-refractivity contribution is -0.150. The second kappa shape index (κ2) is 5.10. The van der Waals surface area contributed by atoms with E-state index < -0.39 is 0 Å². The average Bonchev–Trinajstić information content (AvgIpc) is 2.48. The molecule has 3 nitrogen and oxygen atoms in total. The predicted octanol–water partition coefficient (Wildman–Crippen LogP) is 1.58. The van der Waals surface area contributed by atoms with E-state index in [0.717, 1.165) is 6.42 Å². The largest absolute Gasteiger partial charge is 0.353 e. The van der Waals surface area contributed by atoms with Crippen molar-refractivity contribution in [3.05, 3.63) is 35.9 Å². The van der Waals surface area contributed by atoms with Gasteiger partial charge in [-0.3, -0.25) is 0 Å². The Labute approximate surface area is 83.6 Å². The van der Waals surface area contributed by atoms with Gasteiger partial charge in [-0.25, -0.2) is 0 Å². The first-order chi connectivity index (χ1) is 6.95. The summed E-state index contributed by atoms with van der Waals surface area (Å²) in [4.78, 5) is 0. The molecular formula is C11H14O3. The van der Waals surface area contributed by atoms with Gasteiger partial charge in [0.15, 0.2) is 6.29 Å². The van der Waals surface area contributed by atoms with Gasteiger partial charge >= 0.3 is 0 Å². The summed E-state index contributed by atoms with van der Waals surface area (Å²) in [6, 6.07) is 10.2. The minimum absolute atomic E-state index is 0.167. The van der Waals surface area contributed by atoms with Crippen LogP contribution in [0, 0.1) is 0 Å². The highest BCUT2D eigenvalue weighted by atomic mass is 16.8. The van der Waals surface area contributed by atoms with E-state index in [9.17, 15) is 0 Å². The van der Waals surface area contributed by atoms with E-state index in [1.165, 1.54) is 5.56 Å². The highest BCUT2D eigenvalue weighted by molar-refractivity contribution is 5.14. The topological polar surface area (TPSA) is 27.7 Å². The summed E-state index contributed by atoms with van der Waals surface area (Å²) < 4.78 is 15.9. The van der Waals surface area contributed by atoms with Crippen LogP contribution in [-0.4, -0.2) is 26.3 Å². The van der Waals surface area contributed by atoms with Crippen molar-refractivity contribution in [2.75, 3.05) is 20.0 Å². The first-order valence-electron chi connectivity index (χ1n) is 4.80. The molecule has 1 saturated heterocycles. The molecule has 0 aliphatic carbocycles.